The molecule has 6 heteroatoms. The van der Waals surface area contributed by atoms with Crippen molar-refractivity contribution in [3.05, 3.63) is 98.2 Å². The molecule has 1 aliphatic rings. The zero-order valence-corrected chi connectivity index (χ0v) is 20.6. The van der Waals surface area contributed by atoms with Crippen molar-refractivity contribution in [1.82, 2.24) is 0 Å². The van der Waals surface area contributed by atoms with Gasteiger partial charge in [0, 0.05) is 23.1 Å². The van der Waals surface area contributed by atoms with E-state index in [-0.39, 0.29) is 22.6 Å². The van der Waals surface area contributed by atoms with E-state index in [0.717, 1.165) is 40.7 Å². The van der Waals surface area contributed by atoms with Gasteiger partial charge in [0.15, 0.2) is 18.5 Å². The van der Waals surface area contributed by atoms with Crippen LogP contribution in [-0.2, 0) is 6.42 Å². The molecule has 0 fully saturated rings. The Hall–Kier alpha value is -3.93. The number of fused-ring (bicyclic) bond motifs is 2. The van der Waals surface area contributed by atoms with Crippen LogP contribution < -0.4 is 10.9 Å². The first-order valence-electron chi connectivity index (χ1n) is 12.2. The molecule has 1 radical (unpaired) electrons. The van der Waals surface area contributed by atoms with Gasteiger partial charge in [0.05, 0.1) is 10.9 Å². The Morgan fingerprint density at radius 1 is 1.03 bits per heavy atom. The molecular formula is C30H26BO5. The summed E-state index contributed by atoms with van der Waals surface area (Å²) >= 11 is 0. The van der Waals surface area contributed by atoms with E-state index in [4.69, 9.17) is 4.42 Å². The second kappa shape index (κ2) is 9.27. The highest BCUT2D eigenvalue weighted by molar-refractivity contribution is 6.57. The Kier molecular flexibility index (Phi) is 6.13. The number of Topliss-reactive ketones (excluding diaryl/α,β-unsaturated/α-hetero) is 1. The smallest absolute Gasteiger partial charge is 0.335 e. The van der Waals surface area contributed by atoms with Crippen molar-refractivity contribution in [3.63, 3.8) is 0 Å². The maximum atomic E-state index is 13.5. The predicted octanol–water partition coefficient (Wildman–Crippen LogP) is 5.38. The summed E-state index contributed by atoms with van der Waals surface area (Å²) in [7, 11) is 1.89. The number of hydrogen-bond acceptors (Lipinski definition) is 4. The van der Waals surface area contributed by atoms with Crippen LogP contribution in [0.1, 0.15) is 68.6 Å². The molecule has 5 nitrogen and oxygen atoms in total. The second-order valence-corrected chi connectivity index (χ2v) is 9.61. The number of ketones is 1. The van der Waals surface area contributed by atoms with Crippen molar-refractivity contribution in [2.75, 3.05) is 0 Å². The molecule has 0 spiro atoms. The number of carboxylic acids is 1. The van der Waals surface area contributed by atoms with E-state index >= 15 is 0 Å². The van der Waals surface area contributed by atoms with Gasteiger partial charge in [-0.2, -0.15) is 0 Å². The van der Waals surface area contributed by atoms with E-state index in [2.05, 4.69) is 0 Å². The van der Waals surface area contributed by atoms with Crippen molar-refractivity contribution >= 4 is 35.5 Å². The topological polar surface area (TPSA) is 84.6 Å². The number of rotatable bonds is 5. The van der Waals surface area contributed by atoms with Crippen LogP contribution >= 0.6 is 0 Å². The predicted molar refractivity (Wildman–Crippen MR) is 142 cm³/mol. The van der Waals surface area contributed by atoms with Crippen LogP contribution in [0, 0.1) is 13.8 Å². The normalized spacial score (nSPS) is 13.9. The summed E-state index contributed by atoms with van der Waals surface area (Å²) in [5.74, 6) is -0.550. The molecule has 5 rings (SSSR count). The molecule has 0 saturated heterocycles. The molecule has 0 bridgehead atoms. The SMILES string of the molecule is Cc1cc(C(C)[B]c2ccccc2C(=O)O)c2oc(-c3ccc4c(c3)CCCC4=O)c(C)c(=O)c2c1. The first-order valence-corrected chi connectivity index (χ1v) is 12.2. The third-order valence-electron chi connectivity index (χ3n) is 7.02. The van der Waals surface area contributed by atoms with Crippen LogP contribution in [0.5, 0.6) is 0 Å². The molecule has 4 aromatic rings. The van der Waals surface area contributed by atoms with Crippen LogP contribution in [-0.4, -0.2) is 24.1 Å². The monoisotopic (exact) mass is 477 g/mol. The lowest BCUT2D eigenvalue weighted by Crippen LogP contribution is -2.26. The van der Waals surface area contributed by atoms with Crippen LogP contribution in [0.4, 0.5) is 0 Å². The Morgan fingerprint density at radius 2 is 1.81 bits per heavy atom. The van der Waals surface area contributed by atoms with Gasteiger partial charge < -0.3 is 9.52 Å². The average molecular weight is 477 g/mol. The highest BCUT2D eigenvalue weighted by Gasteiger charge is 2.23. The van der Waals surface area contributed by atoms with Crippen molar-refractivity contribution in [2.24, 2.45) is 0 Å². The molecule has 0 aliphatic heterocycles. The maximum absolute atomic E-state index is 13.5. The fourth-order valence-corrected chi connectivity index (χ4v) is 5.17. The Labute approximate surface area is 210 Å². The largest absolute Gasteiger partial charge is 0.478 e. The standard InChI is InChI=1S/C30H26BO5/c1-16-13-23(18(3)31-25-9-5-4-8-22(25)30(34)35)29-24(14-16)27(33)17(2)28(36-29)20-11-12-21-19(15-20)7-6-10-26(21)32/h4-5,8-9,11-15,18H,6-7,10H2,1-3H3,(H,34,35). The highest BCUT2D eigenvalue weighted by atomic mass is 16.4. The molecule has 1 N–H and O–H groups in total. The quantitative estimate of drug-likeness (QED) is 0.390. The van der Waals surface area contributed by atoms with Gasteiger partial charge in [0.2, 0.25) is 0 Å². The van der Waals surface area contributed by atoms with Crippen LogP contribution in [0.25, 0.3) is 22.3 Å². The number of carboxylic acid groups (broad SMARTS) is 1. The molecule has 1 unspecified atom stereocenters. The van der Waals surface area contributed by atoms with Crippen LogP contribution in [0.15, 0.2) is 63.8 Å². The Bertz CT molecular complexity index is 1600. The van der Waals surface area contributed by atoms with Gasteiger partial charge in [-0.1, -0.05) is 48.8 Å². The number of carbonyl (C=O) groups excluding carboxylic acids is 1. The minimum absolute atomic E-state index is 0.0943. The van der Waals surface area contributed by atoms with Crippen LogP contribution in [0.3, 0.4) is 0 Å². The molecule has 0 amide bonds. The maximum Gasteiger partial charge on any atom is 0.335 e. The van der Waals surface area contributed by atoms with E-state index in [9.17, 15) is 19.5 Å². The molecule has 0 saturated carbocycles. The lowest BCUT2D eigenvalue weighted by molar-refractivity contribution is 0.0698. The first kappa shape index (κ1) is 23.8. The summed E-state index contributed by atoms with van der Waals surface area (Å²) < 4.78 is 6.48. The fraction of sp³-hybridized carbons (Fsp3) is 0.233. The van der Waals surface area contributed by atoms with Crippen molar-refractivity contribution in [1.29, 1.82) is 0 Å². The van der Waals surface area contributed by atoms with Gasteiger partial charge in [-0.25, -0.2) is 4.79 Å². The lowest BCUT2D eigenvalue weighted by Gasteiger charge is -2.18. The van der Waals surface area contributed by atoms with Crippen molar-refractivity contribution < 1.29 is 19.1 Å². The van der Waals surface area contributed by atoms with Gasteiger partial charge in [-0.15, -0.1) is 0 Å². The number of carbonyl (C=O) groups is 2. The minimum Gasteiger partial charge on any atom is -0.478 e. The van der Waals surface area contributed by atoms with Crippen molar-refractivity contribution in [2.45, 2.75) is 45.9 Å². The second-order valence-electron chi connectivity index (χ2n) is 9.61. The summed E-state index contributed by atoms with van der Waals surface area (Å²) in [6.45, 7) is 5.67. The van der Waals surface area contributed by atoms with Crippen molar-refractivity contribution in [3.8, 4) is 11.3 Å². The molecule has 1 aliphatic carbocycles. The van der Waals surface area contributed by atoms with E-state index < -0.39 is 5.97 Å². The van der Waals surface area contributed by atoms with Crippen LogP contribution in [0.2, 0.25) is 0 Å². The number of aromatic carboxylic acids is 1. The summed E-state index contributed by atoms with van der Waals surface area (Å²) in [5, 5.41) is 10.1. The summed E-state index contributed by atoms with van der Waals surface area (Å²) in [6.07, 6.45) is 2.22. The summed E-state index contributed by atoms with van der Waals surface area (Å²) in [6, 6.07) is 16.4. The average Bonchev–Trinajstić information content (AvgIpc) is 2.86. The highest BCUT2D eigenvalue weighted by Crippen LogP contribution is 2.33. The number of aryl methyl sites for hydroxylation is 2. The molecule has 179 valence electrons. The van der Waals surface area contributed by atoms with E-state index in [1.165, 1.54) is 0 Å². The van der Waals surface area contributed by atoms with E-state index in [1.807, 2.05) is 57.5 Å². The Morgan fingerprint density at radius 3 is 2.58 bits per heavy atom. The summed E-state index contributed by atoms with van der Waals surface area (Å²) in [4.78, 5) is 37.5. The molecular weight excluding hydrogens is 451 g/mol. The van der Waals surface area contributed by atoms with E-state index in [0.29, 0.717) is 34.2 Å². The van der Waals surface area contributed by atoms with Gasteiger partial charge >= 0.3 is 5.97 Å². The molecule has 3 aromatic carbocycles. The first-order chi connectivity index (χ1) is 17.2. The Balaban J connectivity index is 1.65. The van der Waals surface area contributed by atoms with E-state index in [1.54, 1.807) is 25.1 Å². The lowest BCUT2D eigenvalue weighted by atomic mass is 9.56. The third-order valence-corrected chi connectivity index (χ3v) is 7.02. The molecule has 1 aromatic heterocycles. The van der Waals surface area contributed by atoms with Gasteiger partial charge in [-0.05, 0) is 67.4 Å². The zero-order valence-electron chi connectivity index (χ0n) is 20.6. The molecule has 1 heterocycles. The minimum atomic E-state index is -0.988. The number of hydrogen-bond donors (Lipinski definition) is 1. The summed E-state index contributed by atoms with van der Waals surface area (Å²) in [5.41, 5.74) is 6.02. The molecule has 36 heavy (non-hydrogen) atoms. The molecule has 1 atom stereocenters. The third kappa shape index (κ3) is 4.17. The van der Waals surface area contributed by atoms with Gasteiger partial charge in [0.1, 0.15) is 11.3 Å². The number of benzene rings is 3. The fourth-order valence-electron chi connectivity index (χ4n) is 5.17. The zero-order chi connectivity index (χ0) is 25.6. The van der Waals surface area contributed by atoms with Gasteiger partial charge in [0.25, 0.3) is 0 Å². The van der Waals surface area contributed by atoms with Gasteiger partial charge in [-0.3, -0.25) is 9.59 Å².